The second-order valence-electron chi connectivity index (χ2n) is 3.11. The van der Waals surface area contributed by atoms with Crippen LogP contribution in [0, 0.1) is 0 Å². The van der Waals surface area contributed by atoms with E-state index in [0.29, 0.717) is 11.6 Å². The Labute approximate surface area is 98.7 Å². The molecule has 1 amide bonds. The van der Waals surface area contributed by atoms with Gasteiger partial charge in [-0.2, -0.15) is 0 Å². The van der Waals surface area contributed by atoms with Gasteiger partial charge in [0.25, 0.3) is 0 Å². The van der Waals surface area contributed by atoms with E-state index < -0.39 is 6.04 Å². The van der Waals surface area contributed by atoms with Crippen LogP contribution in [0.4, 0.5) is 5.95 Å². The molecule has 0 aliphatic heterocycles. The first-order chi connectivity index (χ1) is 7.54. The zero-order valence-corrected chi connectivity index (χ0v) is 9.84. The minimum Gasteiger partial charge on any atom is -0.388 e. The molecule has 1 unspecified atom stereocenters. The summed E-state index contributed by atoms with van der Waals surface area (Å²) in [6.45, 7) is 1.70. The van der Waals surface area contributed by atoms with Gasteiger partial charge in [-0.05, 0) is 13.0 Å². The Morgan fingerprint density at radius 3 is 2.88 bits per heavy atom. The summed E-state index contributed by atoms with van der Waals surface area (Å²) < 4.78 is 0. The van der Waals surface area contributed by atoms with Crippen molar-refractivity contribution in [3.05, 3.63) is 18.0 Å². The zero-order valence-electron chi connectivity index (χ0n) is 9.02. The highest BCUT2D eigenvalue weighted by molar-refractivity contribution is 7.80. The third-order valence-electron chi connectivity index (χ3n) is 1.89. The highest BCUT2D eigenvalue weighted by Crippen LogP contribution is 2.02. The number of carbonyl (C=O) groups excluding carboxylic acids is 1. The van der Waals surface area contributed by atoms with Crippen LogP contribution in [0.3, 0.4) is 0 Å². The number of carbonyl (C=O) groups is 1. The fourth-order valence-electron chi connectivity index (χ4n) is 1.04. The normalized spacial score (nSPS) is 11.6. The summed E-state index contributed by atoms with van der Waals surface area (Å²) in [6, 6.07) is 1.18. The molecule has 0 aliphatic rings. The maximum atomic E-state index is 11.3. The van der Waals surface area contributed by atoms with Gasteiger partial charge in [0.15, 0.2) is 0 Å². The van der Waals surface area contributed by atoms with Crippen molar-refractivity contribution in [1.82, 2.24) is 15.3 Å². The van der Waals surface area contributed by atoms with Crippen molar-refractivity contribution in [3.63, 3.8) is 0 Å². The molecule has 16 heavy (non-hydrogen) atoms. The van der Waals surface area contributed by atoms with Crippen molar-refractivity contribution in [2.75, 3.05) is 12.4 Å². The van der Waals surface area contributed by atoms with E-state index in [9.17, 15) is 4.79 Å². The number of hydrogen-bond acceptors (Lipinski definition) is 5. The lowest BCUT2D eigenvalue weighted by molar-refractivity contribution is -0.121. The third kappa shape index (κ3) is 3.13. The lowest BCUT2D eigenvalue weighted by atomic mass is 10.3. The highest BCUT2D eigenvalue weighted by atomic mass is 32.1. The SMILES string of the molecule is CNC(=O)C(C)Nc1nccc(C(N)=S)n1. The first-order valence-corrected chi connectivity index (χ1v) is 5.06. The van der Waals surface area contributed by atoms with Gasteiger partial charge in [0, 0.05) is 13.2 Å². The van der Waals surface area contributed by atoms with Crippen molar-refractivity contribution in [3.8, 4) is 0 Å². The lowest BCUT2D eigenvalue weighted by Gasteiger charge is -2.12. The molecule has 1 heterocycles. The molecule has 7 heteroatoms. The monoisotopic (exact) mass is 239 g/mol. The van der Waals surface area contributed by atoms with Crippen LogP contribution in [0.1, 0.15) is 12.6 Å². The van der Waals surface area contributed by atoms with Crippen molar-refractivity contribution in [2.24, 2.45) is 5.73 Å². The molecule has 1 rings (SSSR count). The van der Waals surface area contributed by atoms with E-state index in [1.807, 2.05) is 0 Å². The Kier molecular flexibility index (Phi) is 4.12. The van der Waals surface area contributed by atoms with Gasteiger partial charge >= 0.3 is 0 Å². The number of nitrogens with zero attached hydrogens (tertiary/aromatic N) is 2. The van der Waals surface area contributed by atoms with E-state index in [0.717, 1.165) is 0 Å². The van der Waals surface area contributed by atoms with E-state index in [1.165, 1.54) is 6.20 Å². The predicted octanol–water partition coefficient (Wildman–Crippen LogP) is -0.343. The summed E-state index contributed by atoms with van der Waals surface area (Å²) in [6.07, 6.45) is 1.53. The van der Waals surface area contributed by atoms with Crippen molar-refractivity contribution >= 4 is 29.1 Å². The number of amides is 1. The van der Waals surface area contributed by atoms with Gasteiger partial charge in [-0.3, -0.25) is 4.79 Å². The van der Waals surface area contributed by atoms with Crippen LogP contribution in [0.25, 0.3) is 0 Å². The van der Waals surface area contributed by atoms with Crippen LogP contribution in [-0.2, 0) is 4.79 Å². The van der Waals surface area contributed by atoms with Crippen LogP contribution in [0.15, 0.2) is 12.3 Å². The summed E-state index contributed by atoms with van der Waals surface area (Å²) in [5.41, 5.74) is 5.90. The van der Waals surface area contributed by atoms with Crippen molar-refractivity contribution in [1.29, 1.82) is 0 Å². The number of rotatable bonds is 4. The number of anilines is 1. The fraction of sp³-hybridized carbons (Fsp3) is 0.333. The molecule has 1 aromatic rings. The molecule has 0 radical (unpaired) electrons. The minimum absolute atomic E-state index is 0.149. The molecule has 0 saturated heterocycles. The molecule has 0 spiro atoms. The Morgan fingerprint density at radius 1 is 1.62 bits per heavy atom. The van der Waals surface area contributed by atoms with Crippen LogP contribution in [-0.4, -0.2) is 34.0 Å². The number of nitrogens with one attached hydrogen (secondary N) is 2. The van der Waals surface area contributed by atoms with Gasteiger partial charge in [0.05, 0.1) is 0 Å². The van der Waals surface area contributed by atoms with E-state index in [4.69, 9.17) is 18.0 Å². The first kappa shape index (κ1) is 12.3. The molecular formula is C9H13N5OS. The Balaban J connectivity index is 2.78. The summed E-state index contributed by atoms with van der Waals surface area (Å²) in [4.78, 5) is 19.5. The number of thiocarbonyl (C=S) groups is 1. The molecule has 86 valence electrons. The second kappa shape index (κ2) is 5.36. The van der Waals surface area contributed by atoms with E-state index in [2.05, 4.69) is 20.6 Å². The number of aromatic nitrogens is 2. The average molecular weight is 239 g/mol. The molecule has 0 fully saturated rings. The molecular weight excluding hydrogens is 226 g/mol. The third-order valence-corrected chi connectivity index (χ3v) is 2.10. The molecule has 0 bridgehead atoms. The summed E-state index contributed by atoms with van der Waals surface area (Å²) in [5, 5.41) is 5.35. The lowest BCUT2D eigenvalue weighted by Crippen LogP contribution is -2.35. The number of likely N-dealkylation sites (N-methyl/N-ethyl adjacent to an activating group) is 1. The van der Waals surface area contributed by atoms with E-state index in [-0.39, 0.29) is 10.9 Å². The average Bonchev–Trinajstić information content (AvgIpc) is 2.28. The topological polar surface area (TPSA) is 92.9 Å². The Hall–Kier alpha value is -1.76. The van der Waals surface area contributed by atoms with Crippen LogP contribution in [0.2, 0.25) is 0 Å². The van der Waals surface area contributed by atoms with Crippen LogP contribution in [0.5, 0.6) is 0 Å². The van der Waals surface area contributed by atoms with Gasteiger partial charge in [-0.1, -0.05) is 12.2 Å². The standard InChI is InChI=1S/C9H13N5OS/c1-5(8(15)11-2)13-9-12-4-3-6(14-9)7(10)16/h3-5H,1-2H3,(H2,10,16)(H,11,15)(H,12,13,14). The van der Waals surface area contributed by atoms with Crippen LogP contribution >= 0.6 is 12.2 Å². The molecule has 1 aromatic heterocycles. The minimum atomic E-state index is -0.424. The van der Waals surface area contributed by atoms with Gasteiger partial charge in [0.1, 0.15) is 16.7 Å². The quantitative estimate of drug-likeness (QED) is 0.622. The largest absolute Gasteiger partial charge is 0.388 e. The summed E-state index contributed by atoms with van der Waals surface area (Å²) in [7, 11) is 1.56. The van der Waals surface area contributed by atoms with E-state index in [1.54, 1.807) is 20.0 Å². The van der Waals surface area contributed by atoms with Crippen LogP contribution < -0.4 is 16.4 Å². The Bertz CT molecular complexity index is 409. The van der Waals surface area contributed by atoms with Crippen molar-refractivity contribution in [2.45, 2.75) is 13.0 Å². The molecule has 6 nitrogen and oxygen atoms in total. The molecule has 4 N–H and O–H groups in total. The molecule has 1 atom stereocenters. The molecule has 0 aromatic carbocycles. The first-order valence-electron chi connectivity index (χ1n) is 4.65. The van der Waals surface area contributed by atoms with E-state index >= 15 is 0 Å². The van der Waals surface area contributed by atoms with Crippen molar-refractivity contribution < 1.29 is 4.79 Å². The maximum Gasteiger partial charge on any atom is 0.242 e. The predicted molar refractivity (Wildman–Crippen MR) is 65.1 cm³/mol. The van der Waals surface area contributed by atoms with Gasteiger partial charge in [-0.15, -0.1) is 0 Å². The highest BCUT2D eigenvalue weighted by Gasteiger charge is 2.12. The molecule has 0 aliphatic carbocycles. The number of nitrogens with two attached hydrogens (primary N) is 1. The maximum absolute atomic E-state index is 11.3. The smallest absolute Gasteiger partial charge is 0.242 e. The number of hydrogen-bond donors (Lipinski definition) is 3. The molecule has 0 saturated carbocycles. The summed E-state index contributed by atoms with van der Waals surface area (Å²) >= 11 is 4.79. The zero-order chi connectivity index (χ0) is 12.1. The van der Waals surface area contributed by atoms with Gasteiger partial charge < -0.3 is 16.4 Å². The second-order valence-corrected chi connectivity index (χ2v) is 3.55. The summed E-state index contributed by atoms with van der Waals surface area (Å²) in [5.74, 6) is 0.172. The van der Waals surface area contributed by atoms with Gasteiger partial charge in [-0.25, -0.2) is 9.97 Å². The fourth-order valence-corrected chi connectivity index (χ4v) is 1.15. The van der Waals surface area contributed by atoms with Gasteiger partial charge in [0.2, 0.25) is 11.9 Å². The Morgan fingerprint density at radius 2 is 2.31 bits per heavy atom.